The summed E-state index contributed by atoms with van der Waals surface area (Å²) in [6.45, 7) is 6.18. The van der Waals surface area contributed by atoms with Gasteiger partial charge in [0.1, 0.15) is 5.52 Å². The number of nitrogens with one attached hydrogen (secondary N) is 1. The van der Waals surface area contributed by atoms with E-state index in [-0.39, 0.29) is 5.91 Å². The Morgan fingerprint density at radius 3 is 2.94 bits per heavy atom. The molecular formula is C11H13N3O2. The molecule has 16 heavy (non-hydrogen) atoms. The molecule has 0 aliphatic heterocycles. The summed E-state index contributed by atoms with van der Waals surface area (Å²) in [7, 11) is 0. The van der Waals surface area contributed by atoms with Crippen LogP contribution in [-0.4, -0.2) is 22.4 Å². The number of amides is 1. The Morgan fingerprint density at radius 1 is 1.50 bits per heavy atom. The van der Waals surface area contributed by atoms with Gasteiger partial charge in [-0.3, -0.25) is 4.79 Å². The van der Waals surface area contributed by atoms with Gasteiger partial charge in [0.05, 0.1) is 0 Å². The predicted molar refractivity (Wildman–Crippen MR) is 59.3 cm³/mol. The molecule has 0 aliphatic rings. The second kappa shape index (κ2) is 3.92. The lowest BCUT2D eigenvalue weighted by Gasteiger charge is -2.05. The van der Waals surface area contributed by atoms with Crippen LogP contribution < -0.4 is 5.32 Å². The fourth-order valence-electron chi connectivity index (χ4n) is 1.55. The molecule has 0 spiro atoms. The van der Waals surface area contributed by atoms with Crippen LogP contribution in [0.1, 0.15) is 28.7 Å². The number of nitrogens with zero attached hydrogens (tertiary/aromatic N) is 2. The topological polar surface area (TPSA) is 68.0 Å². The van der Waals surface area contributed by atoms with Gasteiger partial charge in [0.15, 0.2) is 17.7 Å². The Bertz CT molecular complexity index is 545. The van der Waals surface area contributed by atoms with Crippen molar-refractivity contribution >= 4 is 17.0 Å². The van der Waals surface area contributed by atoms with E-state index in [1.165, 1.54) is 6.39 Å². The number of hydrogen-bond acceptors (Lipinski definition) is 4. The highest BCUT2D eigenvalue weighted by Crippen LogP contribution is 2.21. The van der Waals surface area contributed by atoms with Gasteiger partial charge in [0, 0.05) is 12.2 Å². The van der Waals surface area contributed by atoms with E-state index in [1.807, 2.05) is 20.8 Å². The average molecular weight is 219 g/mol. The van der Waals surface area contributed by atoms with Gasteiger partial charge < -0.3 is 9.73 Å². The van der Waals surface area contributed by atoms with Gasteiger partial charge in [-0.2, -0.15) is 0 Å². The van der Waals surface area contributed by atoms with E-state index in [2.05, 4.69) is 15.3 Å². The molecule has 2 aromatic heterocycles. The van der Waals surface area contributed by atoms with Crippen LogP contribution in [0.25, 0.3) is 11.1 Å². The quantitative estimate of drug-likeness (QED) is 0.832. The van der Waals surface area contributed by atoms with Crippen molar-refractivity contribution in [3.05, 3.63) is 23.3 Å². The van der Waals surface area contributed by atoms with Crippen molar-refractivity contribution in [2.75, 3.05) is 6.54 Å². The van der Waals surface area contributed by atoms with Gasteiger partial charge in [-0.25, -0.2) is 9.97 Å². The maximum atomic E-state index is 11.8. The molecule has 1 amide bonds. The van der Waals surface area contributed by atoms with Crippen molar-refractivity contribution in [1.29, 1.82) is 0 Å². The minimum atomic E-state index is -0.229. The zero-order chi connectivity index (χ0) is 11.7. The van der Waals surface area contributed by atoms with E-state index in [0.29, 0.717) is 23.3 Å². The maximum absolute atomic E-state index is 11.8. The molecule has 5 heteroatoms. The van der Waals surface area contributed by atoms with Crippen LogP contribution in [0.3, 0.4) is 0 Å². The summed E-state index contributed by atoms with van der Waals surface area (Å²) in [5, 5.41) is 2.70. The highest BCUT2D eigenvalue weighted by Gasteiger charge is 2.17. The zero-order valence-corrected chi connectivity index (χ0v) is 9.50. The van der Waals surface area contributed by atoms with E-state index >= 15 is 0 Å². The number of aryl methyl sites for hydroxylation is 2. The highest BCUT2D eigenvalue weighted by atomic mass is 16.3. The van der Waals surface area contributed by atoms with Gasteiger partial charge in [-0.05, 0) is 26.3 Å². The third kappa shape index (κ3) is 1.54. The normalized spacial score (nSPS) is 10.7. The number of hydrogen-bond donors (Lipinski definition) is 1. The molecule has 0 aliphatic carbocycles. The molecule has 0 bridgehead atoms. The summed E-state index contributed by atoms with van der Waals surface area (Å²) in [6, 6.07) is 0. The Morgan fingerprint density at radius 2 is 2.25 bits per heavy atom. The van der Waals surface area contributed by atoms with Crippen LogP contribution >= 0.6 is 0 Å². The van der Waals surface area contributed by atoms with Gasteiger partial charge >= 0.3 is 0 Å². The van der Waals surface area contributed by atoms with Crippen molar-refractivity contribution in [3.63, 3.8) is 0 Å². The van der Waals surface area contributed by atoms with Crippen LogP contribution in [0.15, 0.2) is 10.8 Å². The molecule has 2 aromatic rings. The van der Waals surface area contributed by atoms with Crippen molar-refractivity contribution in [3.8, 4) is 0 Å². The Labute approximate surface area is 92.9 Å². The van der Waals surface area contributed by atoms with Crippen LogP contribution in [0.5, 0.6) is 0 Å². The Hall–Kier alpha value is -1.91. The van der Waals surface area contributed by atoms with E-state index in [0.717, 1.165) is 11.3 Å². The predicted octanol–water partition coefficient (Wildman–Crippen LogP) is 1.59. The van der Waals surface area contributed by atoms with Gasteiger partial charge in [0.25, 0.3) is 5.91 Å². The summed E-state index contributed by atoms with van der Waals surface area (Å²) in [5.74, 6) is -0.229. The standard InChI is InChI=1S/C11H13N3O2/c1-4-12-11(15)9-10-8(13-5-16-10)6(2)7(3)14-9/h5H,4H2,1-3H3,(H,12,15). The van der Waals surface area contributed by atoms with Crippen LogP contribution in [0.4, 0.5) is 0 Å². The van der Waals surface area contributed by atoms with Crippen molar-refractivity contribution in [1.82, 2.24) is 15.3 Å². The third-order valence-corrected chi connectivity index (χ3v) is 2.51. The third-order valence-electron chi connectivity index (χ3n) is 2.51. The Balaban J connectivity index is 2.65. The van der Waals surface area contributed by atoms with Crippen molar-refractivity contribution < 1.29 is 9.21 Å². The number of pyridine rings is 1. The smallest absolute Gasteiger partial charge is 0.273 e. The van der Waals surface area contributed by atoms with Crippen LogP contribution in [0, 0.1) is 13.8 Å². The zero-order valence-electron chi connectivity index (χ0n) is 9.50. The first-order valence-corrected chi connectivity index (χ1v) is 5.13. The first-order valence-electron chi connectivity index (χ1n) is 5.13. The summed E-state index contributed by atoms with van der Waals surface area (Å²) >= 11 is 0. The molecule has 0 atom stereocenters. The first kappa shape index (κ1) is 10.6. The highest BCUT2D eigenvalue weighted by molar-refractivity contribution is 6.02. The average Bonchev–Trinajstić information content (AvgIpc) is 2.72. The number of carbonyl (C=O) groups excluding carboxylic acids is 1. The number of carbonyl (C=O) groups is 1. The monoisotopic (exact) mass is 219 g/mol. The van der Waals surface area contributed by atoms with Crippen LogP contribution in [0.2, 0.25) is 0 Å². The second-order valence-corrected chi connectivity index (χ2v) is 3.56. The summed E-state index contributed by atoms with van der Waals surface area (Å²) in [6.07, 6.45) is 1.33. The van der Waals surface area contributed by atoms with E-state index in [1.54, 1.807) is 0 Å². The minimum absolute atomic E-state index is 0.229. The van der Waals surface area contributed by atoms with E-state index in [9.17, 15) is 4.79 Å². The second-order valence-electron chi connectivity index (χ2n) is 3.56. The summed E-state index contributed by atoms with van der Waals surface area (Å²) in [4.78, 5) is 20.1. The first-order chi connectivity index (χ1) is 7.65. The number of rotatable bonds is 2. The lowest BCUT2D eigenvalue weighted by atomic mass is 10.1. The number of fused-ring (bicyclic) bond motifs is 1. The fourth-order valence-corrected chi connectivity index (χ4v) is 1.55. The molecule has 0 unspecified atom stereocenters. The molecule has 1 N–H and O–H groups in total. The molecule has 0 radical (unpaired) electrons. The van der Waals surface area contributed by atoms with Crippen LogP contribution in [-0.2, 0) is 0 Å². The minimum Gasteiger partial charge on any atom is -0.441 e. The molecule has 84 valence electrons. The molecule has 2 rings (SSSR count). The molecule has 0 saturated carbocycles. The molecule has 0 fully saturated rings. The van der Waals surface area contributed by atoms with Crippen molar-refractivity contribution in [2.24, 2.45) is 0 Å². The molecule has 0 saturated heterocycles. The lowest BCUT2D eigenvalue weighted by Crippen LogP contribution is -2.24. The number of aromatic nitrogens is 2. The number of oxazole rings is 1. The molecule has 2 heterocycles. The molecular weight excluding hydrogens is 206 g/mol. The lowest BCUT2D eigenvalue weighted by molar-refractivity contribution is 0.0951. The molecule has 0 aromatic carbocycles. The van der Waals surface area contributed by atoms with Crippen molar-refractivity contribution in [2.45, 2.75) is 20.8 Å². The van der Waals surface area contributed by atoms with Gasteiger partial charge in [-0.15, -0.1) is 0 Å². The Kier molecular flexibility index (Phi) is 2.60. The SMILES string of the molecule is CCNC(=O)c1nc(C)c(C)c2ncoc12. The van der Waals surface area contributed by atoms with E-state index < -0.39 is 0 Å². The van der Waals surface area contributed by atoms with Gasteiger partial charge in [0.2, 0.25) is 0 Å². The molecule has 5 nitrogen and oxygen atoms in total. The summed E-state index contributed by atoms with van der Waals surface area (Å²) < 4.78 is 5.22. The largest absolute Gasteiger partial charge is 0.441 e. The fraction of sp³-hybridized carbons (Fsp3) is 0.364. The van der Waals surface area contributed by atoms with Gasteiger partial charge in [-0.1, -0.05) is 0 Å². The van der Waals surface area contributed by atoms with E-state index in [4.69, 9.17) is 4.42 Å². The summed E-state index contributed by atoms with van der Waals surface area (Å²) in [5.41, 5.74) is 3.19. The maximum Gasteiger partial charge on any atom is 0.273 e.